The van der Waals surface area contributed by atoms with Crippen molar-refractivity contribution in [2.75, 3.05) is 62.7 Å². The summed E-state index contributed by atoms with van der Waals surface area (Å²) in [6, 6.07) is 14.1. The van der Waals surface area contributed by atoms with Gasteiger partial charge in [0.15, 0.2) is 0 Å². The number of carbonyl (C=O) groups excluding carboxylic acids is 2. The largest absolute Gasteiger partial charge is 0.437 e. The predicted octanol–water partition coefficient (Wildman–Crippen LogP) is 4.48. The molecule has 4 N–H and O–H groups in total. The minimum atomic E-state index is -4.83. The number of hydrogen-bond donors (Lipinski definition) is 4. The van der Waals surface area contributed by atoms with E-state index in [0.29, 0.717) is 41.0 Å². The Morgan fingerprint density at radius 3 is 2.14 bits per heavy atom. The fraction of sp³-hybridized carbons (Fsp3) is 0.479. The second-order valence-corrected chi connectivity index (χ2v) is 19.3. The third-order valence-corrected chi connectivity index (χ3v) is 15.2. The normalized spacial score (nSPS) is 22.8. The van der Waals surface area contributed by atoms with Gasteiger partial charge in [0.2, 0.25) is 5.69 Å². The quantitative estimate of drug-likeness (QED) is 0.149. The van der Waals surface area contributed by atoms with E-state index in [0.717, 1.165) is 113 Å². The van der Waals surface area contributed by atoms with Crippen LogP contribution in [0.5, 0.6) is 0 Å². The molecule has 1 saturated carbocycles. The number of likely N-dealkylation sites (tertiary alicyclic amines) is 1. The molecule has 6 fully saturated rings. The van der Waals surface area contributed by atoms with E-state index in [4.69, 9.17) is 9.51 Å². The van der Waals surface area contributed by atoms with Gasteiger partial charge in [-0.2, -0.15) is 18.2 Å². The minimum absolute atomic E-state index is 0.166. The molecule has 6 aromatic rings. The fourth-order valence-electron chi connectivity index (χ4n) is 11.5. The molecule has 10 heterocycles. The van der Waals surface area contributed by atoms with Gasteiger partial charge in [0.1, 0.15) is 28.4 Å². The molecule has 1 unspecified atom stereocenters. The van der Waals surface area contributed by atoms with Crippen molar-refractivity contribution in [2.45, 2.75) is 93.5 Å². The number of piperidine rings is 3. The third kappa shape index (κ3) is 8.48. The van der Waals surface area contributed by atoms with Gasteiger partial charge in [-0.15, -0.1) is 0 Å². The zero-order valence-electron chi connectivity index (χ0n) is 38.0. The van der Waals surface area contributed by atoms with E-state index in [9.17, 15) is 32.3 Å². The first-order valence-corrected chi connectivity index (χ1v) is 23.7. The van der Waals surface area contributed by atoms with Gasteiger partial charge in [-0.1, -0.05) is 11.2 Å². The summed E-state index contributed by atoms with van der Waals surface area (Å²) in [5.74, 6) is 0.370. The SMILES string of the molecule is CNC(=O)c1ccc(N2CCC(N3CC4(c5nc6ccc(CNC(=O)c7ccc(N8CCC(N9CCCC(c%10nc%11onc(C(F)(F)F)c%11c(=O)[nH]%10)C9)CC8)cn7)cc6c(=O)[nH]5)CC3C4)CC2)cn1. The summed E-state index contributed by atoms with van der Waals surface area (Å²) in [5, 5.41) is 8.42. The number of anilines is 2. The lowest BCUT2D eigenvalue weighted by Gasteiger charge is -2.42. The minimum Gasteiger partial charge on any atom is -0.370 e. The average molecular weight is 948 g/mol. The molecular weight excluding hydrogens is 896 g/mol. The van der Waals surface area contributed by atoms with E-state index < -0.39 is 28.5 Å². The number of H-pyrrole nitrogens is 2. The molecule has 0 spiro atoms. The van der Waals surface area contributed by atoms with Crippen molar-refractivity contribution in [3.63, 3.8) is 0 Å². The Bertz CT molecular complexity index is 3030. The number of halogens is 3. The van der Waals surface area contributed by atoms with Crippen LogP contribution >= 0.6 is 0 Å². The van der Waals surface area contributed by atoms with Crippen LogP contribution in [-0.2, 0) is 18.1 Å². The van der Waals surface area contributed by atoms with Crippen molar-refractivity contribution in [1.29, 1.82) is 0 Å². The second-order valence-electron chi connectivity index (χ2n) is 19.3. The van der Waals surface area contributed by atoms with Crippen LogP contribution in [0, 0.1) is 0 Å². The number of rotatable bonds is 10. The van der Waals surface area contributed by atoms with Gasteiger partial charge in [0.05, 0.1) is 34.7 Å². The summed E-state index contributed by atoms with van der Waals surface area (Å²) in [4.78, 5) is 84.8. The Hall–Kier alpha value is -6.74. The Kier molecular flexibility index (Phi) is 11.4. The number of amides is 2. The van der Waals surface area contributed by atoms with Gasteiger partial charge in [-0.3, -0.25) is 29.0 Å². The van der Waals surface area contributed by atoms with Crippen LogP contribution in [0.2, 0.25) is 0 Å². The number of aromatic nitrogens is 7. The molecule has 360 valence electrons. The van der Waals surface area contributed by atoms with Crippen LogP contribution in [0.15, 0.2) is 69.0 Å². The zero-order valence-corrected chi connectivity index (χ0v) is 38.0. The maximum atomic E-state index is 13.6. The van der Waals surface area contributed by atoms with Gasteiger partial charge >= 0.3 is 6.18 Å². The van der Waals surface area contributed by atoms with Crippen molar-refractivity contribution in [1.82, 2.24) is 55.5 Å². The standard InChI is InChI=1S/C48H52F3N13O5/c1-52-42(66)36-8-5-31(23-53-36)62-17-12-30(13-18-62)64-26-47(20-33(64)21-47)46-56-35-7-4-27(19-34(35)41(65)59-46)22-55-43(67)37-9-6-32(24-54-37)61-15-10-29(11-16-61)63-14-2-3-28(25-63)40-57-44(68)38-39(48(49,50)51)60-69-45(38)58-40/h4-9,19,23-24,28-30,33H,2-3,10-18,20-22,25-26H2,1H3,(H,52,66)(H,55,67)(H,56,59,65)(H,57,58,68). The van der Waals surface area contributed by atoms with Gasteiger partial charge in [-0.25, -0.2) is 15.0 Å². The van der Waals surface area contributed by atoms with Crippen molar-refractivity contribution in [3.8, 4) is 0 Å². The summed E-state index contributed by atoms with van der Waals surface area (Å²) in [7, 11) is 1.60. The molecule has 5 aliphatic heterocycles. The van der Waals surface area contributed by atoms with Crippen LogP contribution < -0.4 is 31.6 Å². The Balaban J connectivity index is 0.654. The molecule has 1 aromatic carbocycles. The topological polar surface area (TPSA) is 214 Å². The number of pyridine rings is 2. The van der Waals surface area contributed by atoms with Crippen LogP contribution in [-0.4, -0.2) is 128 Å². The van der Waals surface area contributed by atoms with E-state index in [1.807, 2.05) is 24.3 Å². The second kappa shape index (κ2) is 17.7. The molecule has 0 radical (unpaired) electrons. The highest BCUT2D eigenvalue weighted by Gasteiger charge is 2.59. The number of nitrogens with zero attached hydrogens (tertiary/aromatic N) is 9. The summed E-state index contributed by atoms with van der Waals surface area (Å²) < 4.78 is 44.8. The highest BCUT2D eigenvalue weighted by molar-refractivity contribution is 5.93. The van der Waals surface area contributed by atoms with Gasteiger partial charge in [0, 0.05) is 82.3 Å². The summed E-state index contributed by atoms with van der Waals surface area (Å²) in [6.45, 7) is 5.93. The molecule has 5 aromatic heterocycles. The molecule has 2 bridgehead atoms. The lowest BCUT2D eigenvalue weighted by atomic mass is 9.69. The monoisotopic (exact) mass is 947 g/mol. The van der Waals surface area contributed by atoms with E-state index in [1.54, 1.807) is 37.6 Å². The highest BCUT2D eigenvalue weighted by Crippen LogP contribution is 2.53. The number of fused-ring (bicyclic) bond motifs is 3. The lowest BCUT2D eigenvalue weighted by Crippen LogP contribution is -2.48. The summed E-state index contributed by atoms with van der Waals surface area (Å²) >= 11 is 0. The number of carbonyl (C=O) groups is 2. The van der Waals surface area contributed by atoms with E-state index in [1.165, 1.54) is 0 Å². The molecule has 12 rings (SSSR count). The molecule has 1 aliphatic carbocycles. The van der Waals surface area contributed by atoms with E-state index >= 15 is 0 Å². The van der Waals surface area contributed by atoms with Gasteiger partial charge in [0.25, 0.3) is 28.6 Å². The van der Waals surface area contributed by atoms with Crippen LogP contribution in [0.25, 0.3) is 22.0 Å². The number of aromatic amines is 2. The Morgan fingerprint density at radius 1 is 0.812 bits per heavy atom. The van der Waals surface area contributed by atoms with Crippen molar-refractivity contribution in [3.05, 3.63) is 110 Å². The average Bonchev–Trinajstić information content (AvgIpc) is 4.10. The zero-order chi connectivity index (χ0) is 47.6. The summed E-state index contributed by atoms with van der Waals surface area (Å²) in [5.41, 5.74) is 0.988. The van der Waals surface area contributed by atoms with Crippen molar-refractivity contribution >= 4 is 45.2 Å². The first-order chi connectivity index (χ1) is 33.3. The molecule has 6 aliphatic rings. The fourth-order valence-corrected chi connectivity index (χ4v) is 11.5. The number of nitrogens with one attached hydrogen (secondary N) is 4. The molecule has 69 heavy (non-hydrogen) atoms. The Morgan fingerprint density at radius 2 is 1.49 bits per heavy atom. The predicted molar refractivity (Wildman–Crippen MR) is 248 cm³/mol. The molecule has 2 amide bonds. The van der Waals surface area contributed by atoms with Gasteiger partial charge in [-0.05, 0) is 99.9 Å². The molecule has 21 heteroatoms. The van der Waals surface area contributed by atoms with E-state index in [-0.39, 0.29) is 47.0 Å². The first-order valence-electron chi connectivity index (χ1n) is 23.7. The molecular formula is C48H52F3N13O5. The van der Waals surface area contributed by atoms with Crippen LogP contribution in [0.1, 0.15) is 101 Å². The van der Waals surface area contributed by atoms with Crippen molar-refractivity contribution < 1.29 is 27.3 Å². The van der Waals surface area contributed by atoms with Crippen molar-refractivity contribution in [2.24, 2.45) is 0 Å². The number of alkyl halides is 3. The maximum absolute atomic E-state index is 13.6. The summed E-state index contributed by atoms with van der Waals surface area (Å²) in [6.07, 6.45) is 6.00. The number of benzene rings is 1. The molecule has 18 nitrogen and oxygen atoms in total. The third-order valence-electron chi connectivity index (χ3n) is 15.2. The molecule has 5 saturated heterocycles. The number of hydrogen-bond acceptors (Lipinski definition) is 14. The molecule has 1 atom stereocenters. The smallest absolute Gasteiger partial charge is 0.370 e. The Labute approximate surface area is 393 Å². The lowest BCUT2D eigenvalue weighted by molar-refractivity contribution is -0.141. The van der Waals surface area contributed by atoms with Gasteiger partial charge < -0.3 is 34.9 Å². The van der Waals surface area contributed by atoms with Crippen LogP contribution in [0.3, 0.4) is 0 Å². The van der Waals surface area contributed by atoms with E-state index in [2.05, 4.69) is 60.3 Å². The highest BCUT2D eigenvalue weighted by atomic mass is 19.4. The first kappa shape index (κ1) is 44.7. The maximum Gasteiger partial charge on any atom is 0.437 e. The van der Waals surface area contributed by atoms with Crippen LogP contribution in [0.4, 0.5) is 24.5 Å².